The molecular formula is C10H12ClNO2. The number of ketones is 1. The zero-order chi connectivity index (χ0) is 10.7. The summed E-state index contributed by atoms with van der Waals surface area (Å²) in [6.45, 7) is 1.82. The molecule has 0 heterocycles. The number of nitrogen functional groups attached to an aromatic ring is 1. The number of Topliss-reactive ketones (excluding diaryl/α,β-unsaturated/α-hetero) is 1. The molecule has 2 N–H and O–H groups in total. The summed E-state index contributed by atoms with van der Waals surface area (Å²) in [5.74, 6) is 0.171. The summed E-state index contributed by atoms with van der Waals surface area (Å²) in [7, 11) is 1.48. The normalized spacial score (nSPS) is 9.93. The molecule has 0 fully saturated rings. The van der Waals surface area contributed by atoms with Crippen molar-refractivity contribution in [1.82, 2.24) is 0 Å². The largest absolute Gasteiger partial charge is 0.494 e. The smallest absolute Gasteiger partial charge is 0.181 e. The summed E-state index contributed by atoms with van der Waals surface area (Å²) in [5.41, 5.74) is 7.42. The third-order valence-electron chi connectivity index (χ3n) is 2.00. The van der Waals surface area contributed by atoms with Crippen LogP contribution in [0.3, 0.4) is 0 Å². The molecule has 0 bridgehead atoms. The van der Waals surface area contributed by atoms with E-state index in [1.807, 2.05) is 6.92 Å². The minimum Gasteiger partial charge on any atom is -0.494 e. The summed E-state index contributed by atoms with van der Waals surface area (Å²) < 4.78 is 5.08. The number of nitrogens with two attached hydrogens (primary N) is 1. The number of benzene rings is 1. The number of ether oxygens (including phenoxy) is 1. The van der Waals surface area contributed by atoms with E-state index < -0.39 is 0 Å². The summed E-state index contributed by atoms with van der Waals surface area (Å²) in [6, 6.07) is 3.48. The highest BCUT2D eigenvalue weighted by Crippen LogP contribution is 2.29. The van der Waals surface area contributed by atoms with E-state index in [4.69, 9.17) is 22.1 Å². The van der Waals surface area contributed by atoms with Gasteiger partial charge in [0.2, 0.25) is 0 Å². The zero-order valence-electron chi connectivity index (χ0n) is 8.13. The highest BCUT2D eigenvalue weighted by atomic mass is 35.5. The highest BCUT2D eigenvalue weighted by Gasteiger charge is 2.16. The Bertz CT molecular complexity index is 363. The summed E-state index contributed by atoms with van der Waals surface area (Å²) in [6.07, 6.45) is 0. The van der Waals surface area contributed by atoms with Crippen molar-refractivity contribution in [3.05, 3.63) is 23.3 Å². The molecule has 0 unspecified atom stereocenters. The molecule has 0 saturated heterocycles. The number of hydrogen-bond acceptors (Lipinski definition) is 3. The lowest BCUT2D eigenvalue weighted by atomic mass is 10.0. The molecule has 0 spiro atoms. The molecule has 0 aliphatic heterocycles. The molecule has 0 amide bonds. The van der Waals surface area contributed by atoms with Gasteiger partial charge in [-0.25, -0.2) is 0 Å². The Morgan fingerprint density at radius 3 is 2.71 bits per heavy atom. The first-order valence-electron chi connectivity index (χ1n) is 4.14. The van der Waals surface area contributed by atoms with Gasteiger partial charge >= 0.3 is 0 Å². The fourth-order valence-electron chi connectivity index (χ4n) is 1.33. The van der Waals surface area contributed by atoms with Crippen molar-refractivity contribution in [3.8, 4) is 5.75 Å². The lowest BCUT2D eigenvalue weighted by Gasteiger charge is -2.11. The van der Waals surface area contributed by atoms with Crippen LogP contribution in [0.1, 0.15) is 15.9 Å². The number of carbonyl (C=O) groups is 1. The number of methoxy groups -OCH3 is 1. The van der Waals surface area contributed by atoms with Gasteiger partial charge in [0.25, 0.3) is 0 Å². The van der Waals surface area contributed by atoms with Gasteiger partial charge in [-0.2, -0.15) is 0 Å². The van der Waals surface area contributed by atoms with E-state index in [1.165, 1.54) is 7.11 Å². The van der Waals surface area contributed by atoms with Crippen molar-refractivity contribution in [2.75, 3.05) is 18.7 Å². The molecule has 0 aliphatic rings. The maximum atomic E-state index is 11.5. The van der Waals surface area contributed by atoms with Crippen LogP contribution in [0.5, 0.6) is 5.75 Å². The van der Waals surface area contributed by atoms with Crippen molar-refractivity contribution in [1.29, 1.82) is 0 Å². The van der Waals surface area contributed by atoms with E-state index in [9.17, 15) is 4.79 Å². The van der Waals surface area contributed by atoms with Crippen molar-refractivity contribution in [3.63, 3.8) is 0 Å². The van der Waals surface area contributed by atoms with Crippen LogP contribution in [-0.2, 0) is 0 Å². The van der Waals surface area contributed by atoms with Crippen molar-refractivity contribution < 1.29 is 9.53 Å². The number of alkyl halides is 1. The molecule has 0 aromatic heterocycles. The maximum Gasteiger partial charge on any atom is 0.181 e. The molecule has 1 rings (SSSR count). The molecule has 0 saturated carbocycles. The van der Waals surface area contributed by atoms with Gasteiger partial charge in [-0.05, 0) is 18.6 Å². The fourth-order valence-corrected chi connectivity index (χ4v) is 1.46. The Labute approximate surface area is 87.8 Å². The predicted octanol–water partition coefficient (Wildman–Crippen LogP) is 2.01. The summed E-state index contributed by atoms with van der Waals surface area (Å²) in [4.78, 5) is 11.5. The number of aryl methyl sites for hydroxylation is 1. The van der Waals surface area contributed by atoms with Gasteiger partial charge in [-0.15, -0.1) is 11.6 Å². The third-order valence-corrected chi connectivity index (χ3v) is 2.24. The molecular weight excluding hydrogens is 202 g/mol. The lowest BCUT2D eigenvalue weighted by molar-refractivity contribution is 0.101. The zero-order valence-corrected chi connectivity index (χ0v) is 8.89. The Hall–Kier alpha value is -1.22. The molecule has 4 heteroatoms. The van der Waals surface area contributed by atoms with Crippen LogP contribution in [0.15, 0.2) is 12.1 Å². The van der Waals surface area contributed by atoms with Crippen LogP contribution < -0.4 is 10.5 Å². The van der Waals surface area contributed by atoms with Crippen LogP contribution in [0.2, 0.25) is 0 Å². The lowest BCUT2D eigenvalue weighted by Crippen LogP contribution is -2.07. The van der Waals surface area contributed by atoms with Crippen LogP contribution in [0.25, 0.3) is 0 Å². The van der Waals surface area contributed by atoms with Crippen LogP contribution >= 0.6 is 11.6 Å². The van der Waals surface area contributed by atoms with Crippen molar-refractivity contribution in [2.24, 2.45) is 0 Å². The highest BCUT2D eigenvalue weighted by molar-refractivity contribution is 6.31. The van der Waals surface area contributed by atoms with Gasteiger partial charge in [0.05, 0.1) is 24.2 Å². The average Bonchev–Trinajstić information content (AvgIpc) is 2.19. The minimum absolute atomic E-state index is 0.0688. The van der Waals surface area contributed by atoms with E-state index in [-0.39, 0.29) is 11.7 Å². The van der Waals surface area contributed by atoms with E-state index >= 15 is 0 Å². The predicted molar refractivity (Wildman–Crippen MR) is 57.2 cm³/mol. The first-order valence-corrected chi connectivity index (χ1v) is 4.67. The number of hydrogen-bond donors (Lipinski definition) is 1. The molecule has 76 valence electrons. The number of anilines is 1. The van der Waals surface area contributed by atoms with Gasteiger partial charge in [0.1, 0.15) is 0 Å². The molecule has 0 atom stereocenters. The maximum absolute atomic E-state index is 11.5. The van der Waals surface area contributed by atoms with Crippen LogP contribution in [0, 0.1) is 6.92 Å². The molecule has 3 nitrogen and oxygen atoms in total. The molecule has 0 aliphatic carbocycles. The number of rotatable bonds is 3. The van der Waals surface area contributed by atoms with Gasteiger partial charge in [0, 0.05) is 0 Å². The van der Waals surface area contributed by atoms with Gasteiger partial charge in [0.15, 0.2) is 11.5 Å². The van der Waals surface area contributed by atoms with Crippen LogP contribution in [0.4, 0.5) is 5.69 Å². The molecule has 1 aromatic carbocycles. The second kappa shape index (κ2) is 4.33. The fraction of sp³-hybridized carbons (Fsp3) is 0.300. The summed E-state index contributed by atoms with van der Waals surface area (Å²) in [5, 5.41) is 0. The Balaban J connectivity index is 3.37. The van der Waals surface area contributed by atoms with Gasteiger partial charge in [-0.1, -0.05) is 6.07 Å². The van der Waals surface area contributed by atoms with E-state index in [0.717, 1.165) is 5.56 Å². The number of carbonyl (C=O) groups excluding carboxylic acids is 1. The molecule has 14 heavy (non-hydrogen) atoms. The van der Waals surface area contributed by atoms with E-state index in [0.29, 0.717) is 17.0 Å². The van der Waals surface area contributed by atoms with Crippen molar-refractivity contribution in [2.45, 2.75) is 6.92 Å². The SMILES string of the molecule is COc1c(N)ccc(C)c1C(=O)CCl. The average molecular weight is 214 g/mol. The quantitative estimate of drug-likeness (QED) is 0.475. The topological polar surface area (TPSA) is 52.3 Å². The Kier molecular flexibility index (Phi) is 3.36. The monoisotopic (exact) mass is 213 g/mol. The van der Waals surface area contributed by atoms with Gasteiger partial charge in [-0.3, -0.25) is 4.79 Å². The first-order chi connectivity index (χ1) is 6.61. The molecule has 0 radical (unpaired) electrons. The second-order valence-corrected chi connectivity index (χ2v) is 3.20. The molecule has 1 aromatic rings. The van der Waals surface area contributed by atoms with E-state index in [2.05, 4.69) is 0 Å². The third kappa shape index (κ3) is 1.82. The van der Waals surface area contributed by atoms with Crippen LogP contribution in [-0.4, -0.2) is 18.8 Å². The summed E-state index contributed by atoms with van der Waals surface area (Å²) >= 11 is 5.49. The minimum atomic E-state index is -0.173. The van der Waals surface area contributed by atoms with Gasteiger partial charge < -0.3 is 10.5 Å². The Morgan fingerprint density at radius 1 is 1.57 bits per heavy atom. The van der Waals surface area contributed by atoms with Crippen molar-refractivity contribution >= 4 is 23.1 Å². The number of halogens is 1. The second-order valence-electron chi connectivity index (χ2n) is 2.94. The Morgan fingerprint density at radius 2 is 2.21 bits per heavy atom. The van der Waals surface area contributed by atoms with E-state index in [1.54, 1.807) is 12.1 Å². The standard InChI is InChI=1S/C10H12ClNO2/c1-6-3-4-7(12)10(14-2)9(6)8(13)5-11/h3-4H,5,12H2,1-2H3. The first kappa shape index (κ1) is 10.9.